The number of rotatable bonds is 0. The van der Waals surface area contributed by atoms with Crippen LogP contribution in [0.2, 0.25) is 0 Å². The number of nitrogens with zero attached hydrogens (tertiary/aromatic N) is 1. The van der Waals surface area contributed by atoms with Crippen molar-refractivity contribution in [3.05, 3.63) is 74.6 Å². The van der Waals surface area contributed by atoms with Crippen molar-refractivity contribution in [2.24, 2.45) is 4.99 Å². The summed E-state index contributed by atoms with van der Waals surface area (Å²) in [6.45, 7) is 0.695. The van der Waals surface area contributed by atoms with E-state index in [0.717, 1.165) is 32.1 Å². The lowest BCUT2D eigenvalue weighted by molar-refractivity contribution is 0.106. The van der Waals surface area contributed by atoms with Crippen LogP contribution in [0.4, 0.5) is 0 Å². The lowest BCUT2D eigenvalue weighted by Gasteiger charge is -2.11. The van der Waals surface area contributed by atoms with E-state index < -0.39 is 0 Å². The Morgan fingerprint density at radius 1 is 1.00 bits per heavy atom. The number of hydrogen-bond acceptors (Lipinski definition) is 2. The first-order chi connectivity index (χ1) is 9.34. The molecule has 0 unspecified atom stereocenters. The van der Waals surface area contributed by atoms with Gasteiger partial charge in [-0.2, -0.15) is 0 Å². The fraction of sp³-hybridized carbons (Fsp3) is 0.0588. The summed E-state index contributed by atoms with van der Waals surface area (Å²) in [6.07, 6.45) is 5.73. The second kappa shape index (κ2) is 3.75. The van der Waals surface area contributed by atoms with Gasteiger partial charge < -0.3 is 0 Å². The van der Waals surface area contributed by atoms with Crippen LogP contribution in [0.15, 0.2) is 47.5 Å². The van der Waals surface area contributed by atoms with E-state index >= 15 is 0 Å². The lowest BCUT2D eigenvalue weighted by Crippen LogP contribution is -2.21. The van der Waals surface area contributed by atoms with Crippen molar-refractivity contribution in [3.63, 3.8) is 0 Å². The summed E-state index contributed by atoms with van der Waals surface area (Å²) >= 11 is 0. The van der Waals surface area contributed by atoms with Gasteiger partial charge in [-0.25, -0.2) is 0 Å². The maximum Gasteiger partial charge on any atom is 0.187 e. The Bertz CT molecular complexity index is 952. The lowest BCUT2D eigenvalue weighted by atomic mass is 9.93. The SMILES string of the molecule is O=C1C=c2ccccc2=c2ccc3c(c21)C=CCN=3. The van der Waals surface area contributed by atoms with Gasteiger partial charge in [0, 0.05) is 11.1 Å². The summed E-state index contributed by atoms with van der Waals surface area (Å²) in [5, 5.41) is 4.06. The van der Waals surface area contributed by atoms with Crippen molar-refractivity contribution in [2.45, 2.75) is 0 Å². The molecule has 0 fully saturated rings. The molecule has 0 radical (unpaired) electrons. The highest BCUT2D eigenvalue weighted by Gasteiger charge is 2.15. The molecule has 2 aromatic rings. The zero-order chi connectivity index (χ0) is 12.8. The van der Waals surface area contributed by atoms with Crippen molar-refractivity contribution in [1.82, 2.24) is 0 Å². The Morgan fingerprint density at radius 2 is 1.89 bits per heavy atom. The highest BCUT2D eigenvalue weighted by Crippen LogP contribution is 2.15. The van der Waals surface area contributed by atoms with E-state index in [9.17, 15) is 4.79 Å². The summed E-state index contributed by atoms with van der Waals surface area (Å²) in [4.78, 5) is 16.8. The molecule has 0 N–H and O–H groups in total. The minimum Gasteiger partial charge on any atom is -0.289 e. The Balaban J connectivity index is 2.34. The van der Waals surface area contributed by atoms with Crippen LogP contribution in [0.5, 0.6) is 0 Å². The van der Waals surface area contributed by atoms with Gasteiger partial charge in [0.15, 0.2) is 5.78 Å². The van der Waals surface area contributed by atoms with Crippen LogP contribution in [-0.2, 0) is 0 Å². The Morgan fingerprint density at radius 3 is 2.84 bits per heavy atom. The Kier molecular flexibility index (Phi) is 2.06. The molecule has 19 heavy (non-hydrogen) atoms. The molecule has 0 atom stereocenters. The van der Waals surface area contributed by atoms with Gasteiger partial charge in [0.05, 0.1) is 11.9 Å². The van der Waals surface area contributed by atoms with E-state index in [2.05, 4.69) is 11.1 Å². The van der Waals surface area contributed by atoms with Crippen LogP contribution in [0, 0.1) is 10.4 Å². The van der Waals surface area contributed by atoms with E-state index in [-0.39, 0.29) is 5.78 Å². The average molecular weight is 245 g/mol. The monoisotopic (exact) mass is 245 g/mol. The zero-order valence-electron chi connectivity index (χ0n) is 10.3. The van der Waals surface area contributed by atoms with Gasteiger partial charge in [-0.05, 0) is 27.8 Å². The summed E-state index contributed by atoms with van der Waals surface area (Å²) in [5.74, 6) is 0.0762. The normalized spacial score (nSPS) is 14.8. The molecule has 0 saturated carbocycles. The third-order valence-corrected chi connectivity index (χ3v) is 3.66. The molecule has 0 amide bonds. The van der Waals surface area contributed by atoms with E-state index in [1.165, 1.54) is 0 Å². The summed E-state index contributed by atoms with van der Waals surface area (Å²) in [7, 11) is 0. The van der Waals surface area contributed by atoms with Gasteiger partial charge in [-0.3, -0.25) is 9.79 Å². The Hall–Kier alpha value is -2.48. The average Bonchev–Trinajstić information content (AvgIpc) is 2.46. The van der Waals surface area contributed by atoms with E-state index in [0.29, 0.717) is 6.54 Å². The number of fused-ring (bicyclic) bond motifs is 4. The van der Waals surface area contributed by atoms with Gasteiger partial charge >= 0.3 is 0 Å². The molecule has 2 nitrogen and oxygen atoms in total. The van der Waals surface area contributed by atoms with Gasteiger partial charge in [-0.15, -0.1) is 0 Å². The number of benzene rings is 2. The Labute approximate surface area is 109 Å². The largest absolute Gasteiger partial charge is 0.289 e. The van der Waals surface area contributed by atoms with Gasteiger partial charge in [0.25, 0.3) is 0 Å². The zero-order valence-corrected chi connectivity index (χ0v) is 10.3. The van der Waals surface area contributed by atoms with Crippen molar-refractivity contribution in [2.75, 3.05) is 6.54 Å². The quantitative estimate of drug-likeness (QED) is 0.693. The second-order valence-electron chi connectivity index (χ2n) is 4.76. The fourth-order valence-corrected chi connectivity index (χ4v) is 2.81. The molecule has 1 aliphatic carbocycles. The topological polar surface area (TPSA) is 29.4 Å². The van der Waals surface area contributed by atoms with E-state index in [1.807, 2.05) is 42.5 Å². The second-order valence-corrected chi connectivity index (χ2v) is 4.76. The molecule has 0 spiro atoms. The van der Waals surface area contributed by atoms with Crippen molar-refractivity contribution in [3.8, 4) is 0 Å². The summed E-state index contributed by atoms with van der Waals surface area (Å²) in [5.41, 5.74) is 1.75. The van der Waals surface area contributed by atoms with Gasteiger partial charge in [0.1, 0.15) is 0 Å². The molecule has 2 aliphatic rings. The highest BCUT2D eigenvalue weighted by molar-refractivity contribution is 6.19. The van der Waals surface area contributed by atoms with Crippen LogP contribution in [0.1, 0.15) is 15.9 Å². The van der Waals surface area contributed by atoms with Crippen molar-refractivity contribution >= 4 is 17.9 Å². The maximum atomic E-state index is 12.4. The molecule has 0 bridgehead atoms. The summed E-state index contributed by atoms with van der Waals surface area (Å²) in [6, 6.07) is 12.0. The highest BCUT2D eigenvalue weighted by atomic mass is 16.1. The third-order valence-electron chi connectivity index (χ3n) is 3.66. The van der Waals surface area contributed by atoms with Gasteiger partial charge in [0.2, 0.25) is 0 Å². The first kappa shape index (κ1) is 10.4. The number of ketones is 1. The molecule has 2 aromatic carbocycles. The minimum atomic E-state index is 0.0762. The smallest absolute Gasteiger partial charge is 0.187 e. The number of carbonyl (C=O) groups is 1. The molecule has 0 saturated heterocycles. The van der Waals surface area contributed by atoms with Crippen LogP contribution < -0.4 is 10.6 Å². The number of carbonyl (C=O) groups excluding carboxylic acids is 1. The van der Waals surface area contributed by atoms with E-state index in [4.69, 9.17) is 0 Å². The first-order valence-electron chi connectivity index (χ1n) is 6.34. The first-order valence-corrected chi connectivity index (χ1v) is 6.34. The van der Waals surface area contributed by atoms with E-state index in [1.54, 1.807) is 6.08 Å². The fourth-order valence-electron chi connectivity index (χ4n) is 2.81. The maximum absolute atomic E-state index is 12.4. The van der Waals surface area contributed by atoms with Crippen molar-refractivity contribution in [1.29, 1.82) is 0 Å². The minimum absolute atomic E-state index is 0.0762. The summed E-state index contributed by atoms with van der Waals surface area (Å²) < 4.78 is 0. The molecule has 2 heteroatoms. The van der Waals surface area contributed by atoms with Crippen molar-refractivity contribution < 1.29 is 4.79 Å². The van der Waals surface area contributed by atoms with Crippen LogP contribution >= 0.6 is 0 Å². The molecule has 1 aliphatic heterocycles. The van der Waals surface area contributed by atoms with Gasteiger partial charge in [-0.1, -0.05) is 42.5 Å². The molecular formula is C17H11NO. The predicted octanol–water partition coefficient (Wildman–Crippen LogP) is 1.60. The standard InChI is InChI=1S/C17H11NO/c19-16-10-11-4-1-2-5-12(11)13-7-8-15-14(17(13)16)6-3-9-18-15/h1-8,10H,9H2. The van der Waals surface area contributed by atoms with Crippen LogP contribution in [-0.4, -0.2) is 12.3 Å². The molecular weight excluding hydrogens is 234 g/mol. The van der Waals surface area contributed by atoms with Crippen LogP contribution in [0.3, 0.4) is 0 Å². The molecule has 4 rings (SSSR count). The number of hydrogen-bond donors (Lipinski definition) is 0. The van der Waals surface area contributed by atoms with Crippen LogP contribution in [0.25, 0.3) is 12.2 Å². The molecule has 1 heterocycles. The number of Topliss-reactive ketones (excluding diaryl/α,β-unsaturated/α-hetero) is 1. The molecule has 90 valence electrons. The third kappa shape index (κ3) is 1.43. The predicted molar refractivity (Wildman–Crippen MR) is 74.0 cm³/mol. The molecule has 0 aromatic heterocycles.